The average molecular weight is 408 g/mol. The van der Waals surface area contributed by atoms with Gasteiger partial charge in [-0.2, -0.15) is 0 Å². The van der Waals surface area contributed by atoms with Crippen LogP contribution in [0.1, 0.15) is 5.56 Å². The molecule has 0 saturated heterocycles. The van der Waals surface area contributed by atoms with Crippen LogP contribution in [-0.2, 0) is 11.3 Å². The molecule has 2 N–H and O–H groups in total. The van der Waals surface area contributed by atoms with Crippen molar-refractivity contribution in [1.29, 1.82) is 0 Å². The molecule has 0 radical (unpaired) electrons. The van der Waals surface area contributed by atoms with Gasteiger partial charge >= 0.3 is 5.97 Å². The number of fused-ring (bicyclic) bond motifs is 2. The van der Waals surface area contributed by atoms with Crippen LogP contribution in [-0.4, -0.2) is 44.8 Å². The number of carboxylic acids is 1. The molecule has 30 heavy (non-hydrogen) atoms. The Kier molecular flexibility index (Phi) is 4.88. The highest BCUT2D eigenvalue weighted by atomic mass is 16.5. The molecule has 0 amide bonds. The third-order valence-electron chi connectivity index (χ3n) is 4.50. The van der Waals surface area contributed by atoms with Gasteiger partial charge in [0.25, 0.3) is 5.56 Å². The second-order valence-corrected chi connectivity index (χ2v) is 6.47. The molecule has 0 aliphatic heterocycles. The maximum absolute atomic E-state index is 13.2. The summed E-state index contributed by atoms with van der Waals surface area (Å²) in [5.74, 6) is -0.232. The van der Waals surface area contributed by atoms with E-state index in [1.165, 1.54) is 22.9 Å². The normalized spacial score (nSPS) is 11.0. The molecular formula is C20H16N4O6. The SMILES string of the molecule is COc1ccc(Cn2nnc3c(=O)[nH]c4cc(OCC(=O)O)ccc4c(=O)c32)cc1. The first kappa shape index (κ1) is 19.1. The summed E-state index contributed by atoms with van der Waals surface area (Å²) in [4.78, 5) is 39.1. The van der Waals surface area contributed by atoms with Gasteiger partial charge in [0.15, 0.2) is 12.1 Å². The Bertz CT molecular complexity index is 1370. The van der Waals surface area contributed by atoms with Gasteiger partial charge in [0.1, 0.15) is 17.0 Å². The molecule has 2 aromatic carbocycles. The van der Waals surface area contributed by atoms with Crippen molar-refractivity contribution in [3.63, 3.8) is 0 Å². The Balaban J connectivity index is 1.84. The van der Waals surface area contributed by atoms with Crippen LogP contribution in [0, 0.1) is 0 Å². The van der Waals surface area contributed by atoms with E-state index in [4.69, 9.17) is 14.6 Å². The fraction of sp³-hybridized carbons (Fsp3) is 0.150. The molecule has 10 heteroatoms. The number of ether oxygens (including phenoxy) is 2. The monoisotopic (exact) mass is 408 g/mol. The van der Waals surface area contributed by atoms with E-state index in [9.17, 15) is 14.4 Å². The van der Waals surface area contributed by atoms with Gasteiger partial charge in [-0.15, -0.1) is 5.10 Å². The predicted octanol–water partition coefficient (Wildman–Crippen LogP) is 1.15. The van der Waals surface area contributed by atoms with E-state index in [1.807, 2.05) is 12.1 Å². The largest absolute Gasteiger partial charge is 0.497 e. The number of benzene rings is 2. The lowest BCUT2D eigenvalue weighted by Gasteiger charge is -2.04. The smallest absolute Gasteiger partial charge is 0.341 e. The number of carbonyl (C=O) groups is 1. The van der Waals surface area contributed by atoms with E-state index in [0.717, 1.165) is 5.56 Å². The van der Waals surface area contributed by atoms with Crippen LogP contribution < -0.4 is 20.5 Å². The number of methoxy groups -OCH3 is 1. The second kappa shape index (κ2) is 7.66. The van der Waals surface area contributed by atoms with E-state index in [-0.39, 0.29) is 34.2 Å². The van der Waals surface area contributed by atoms with Crippen LogP contribution in [0.25, 0.3) is 21.9 Å². The number of hydrogen-bond donors (Lipinski definition) is 2. The van der Waals surface area contributed by atoms with Crippen LogP contribution in [0.4, 0.5) is 0 Å². The fourth-order valence-electron chi connectivity index (χ4n) is 3.07. The fourth-order valence-corrected chi connectivity index (χ4v) is 3.07. The van der Waals surface area contributed by atoms with Gasteiger partial charge in [-0.25, -0.2) is 9.48 Å². The summed E-state index contributed by atoms with van der Waals surface area (Å²) in [6.07, 6.45) is 0. The van der Waals surface area contributed by atoms with Crippen LogP contribution in [0.2, 0.25) is 0 Å². The highest BCUT2D eigenvalue weighted by molar-refractivity contribution is 5.87. The third kappa shape index (κ3) is 3.58. The minimum absolute atomic E-state index is 0.0706. The number of hydrogen-bond acceptors (Lipinski definition) is 7. The summed E-state index contributed by atoms with van der Waals surface area (Å²) in [7, 11) is 1.57. The van der Waals surface area contributed by atoms with Crippen molar-refractivity contribution in [2.45, 2.75) is 6.54 Å². The molecule has 0 aliphatic carbocycles. The molecule has 10 nitrogen and oxygen atoms in total. The minimum atomic E-state index is -1.14. The van der Waals surface area contributed by atoms with Crippen LogP contribution in [0.5, 0.6) is 11.5 Å². The van der Waals surface area contributed by atoms with Gasteiger partial charge in [0.2, 0.25) is 5.43 Å². The van der Waals surface area contributed by atoms with Crippen molar-refractivity contribution < 1.29 is 19.4 Å². The first-order chi connectivity index (χ1) is 14.5. The van der Waals surface area contributed by atoms with Gasteiger partial charge in [-0.05, 0) is 29.8 Å². The molecule has 2 aromatic heterocycles. The zero-order chi connectivity index (χ0) is 21.3. The number of aliphatic carboxylic acids is 1. The summed E-state index contributed by atoms with van der Waals surface area (Å²) in [6, 6.07) is 11.6. The van der Waals surface area contributed by atoms with Crippen molar-refractivity contribution in [2.24, 2.45) is 0 Å². The number of nitrogens with one attached hydrogen (secondary N) is 1. The number of H-pyrrole nitrogens is 1. The summed E-state index contributed by atoms with van der Waals surface area (Å²) in [5, 5.41) is 16.8. The highest BCUT2D eigenvalue weighted by Gasteiger charge is 2.15. The summed E-state index contributed by atoms with van der Waals surface area (Å²) >= 11 is 0. The van der Waals surface area contributed by atoms with Gasteiger partial charge in [0.05, 0.1) is 19.2 Å². The first-order valence-corrected chi connectivity index (χ1v) is 8.87. The van der Waals surface area contributed by atoms with Crippen LogP contribution >= 0.6 is 0 Å². The van der Waals surface area contributed by atoms with Gasteiger partial charge in [0, 0.05) is 11.5 Å². The number of aromatic nitrogens is 4. The molecule has 4 rings (SSSR count). The summed E-state index contributed by atoms with van der Waals surface area (Å²) in [5.41, 5.74) is 0.0228. The Morgan fingerprint density at radius 1 is 1.13 bits per heavy atom. The molecule has 4 aromatic rings. The van der Waals surface area contributed by atoms with E-state index in [0.29, 0.717) is 5.75 Å². The minimum Gasteiger partial charge on any atom is -0.497 e. The second-order valence-electron chi connectivity index (χ2n) is 6.47. The number of nitrogens with zero attached hydrogens (tertiary/aromatic N) is 3. The number of carboxylic acid groups (broad SMARTS) is 1. The van der Waals surface area contributed by atoms with Gasteiger partial charge < -0.3 is 19.6 Å². The van der Waals surface area contributed by atoms with Gasteiger partial charge in [-0.1, -0.05) is 17.3 Å². The zero-order valence-corrected chi connectivity index (χ0v) is 15.8. The highest BCUT2D eigenvalue weighted by Crippen LogP contribution is 2.18. The van der Waals surface area contributed by atoms with Crippen molar-refractivity contribution in [2.75, 3.05) is 13.7 Å². The standard InChI is InChI=1S/C20H16N4O6/c1-29-12-4-2-11(3-5-12)9-24-18-17(22-23-24)20(28)21-15-8-13(30-10-16(25)26)6-7-14(15)19(18)27/h2-8H,9-10H2,1H3,(H,21,28)(H,25,26). The van der Waals surface area contributed by atoms with E-state index in [2.05, 4.69) is 15.3 Å². The van der Waals surface area contributed by atoms with E-state index in [1.54, 1.807) is 19.2 Å². The van der Waals surface area contributed by atoms with Crippen LogP contribution in [0.15, 0.2) is 52.1 Å². The molecule has 0 fully saturated rings. The third-order valence-corrected chi connectivity index (χ3v) is 4.50. The molecule has 0 bridgehead atoms. The maximum Gasteiger partial charge on any atom is 0.341 e. The van der Waals surface area contributed by atoms with E-state index < -0.39 is 23.6 Å². The maximum atomic E-state index is 13.2. The van der Waals surface area contributed by atoms with Crippen molar-refractivity contribution >= 4 is 27.9 Å². The Morgan fingerprint density at radius 2 is 1.87 bits per heavy atom. The van der Waals surface area contributed by atoms with E-state index >= 15 is 0 Å². The Labute approximate surface area is 168 Å². The molecular weight excluding hydrogens is 392 g/mol. The van der Waals surface area contributed by atoms with Crippen molar-refractivity contribution in [3.8, 4) is 11.5 Å². The van der Waals surface area contributed by atoms with Crippen molar-refractivity contribution in [3.05, 3.63) is 68.6 Å². The summed E-state index contributed by atoms with van der Waals surface area (Å²) < 4.78 is 11.6. The molecule has 0 unspecified atom stereocenters. The quantitative estimate of drug-likeness (QED) is 0.485. The van der Waals surface area contributed by atoms with Crippen LogP contribution in [0.3, 0.4) is 0 Å². The van der Waals surface area contributed by atoms with Gasteiger partial charge in [-0.3, -0.25) is 9.59 Å². The Morgan fingerprint density at radius 3 is 2.57 bits per heavy atom. The van der Waals surface area contributed by atoms with Crippen molar-refractivity contribution in [1.82, 2.24) is 20.0 Å². The first-order valence-electron chi connectivity index (χ1n) is 8.87. The molecule has 0 aliphatic rings. The average Bonchev–Trinajstić information content (AvgIpc) is 3.12. The predicted molar refractivity (Wildman–Crippen MR) is 107 cm³/mol. The lowest BCUT2D eigenvalue weighted by Crippen LogP contribution is -2.10. The topological polar surface area (TPSA) is 136 Å². The number of rotatable bonds is 6. The molecule has 152 valence electrons. The Hall–Kier alpha value is -4.21. The number of aromatic amines is 1. The molecule has 2 heterocycles. The lowest BCUT2D eigenvalue weighted by atomic mass is 10.2. The zero-order valence-electron chi connectivity index (χ0n) is 15.8. The lowest BCUT2D eigenvalue weighted by molar-refractivity contribution is -0.139. The summed E-state index contributed by atoms with van der Waals surface area (Å²) in [6.45, 7) is -0.306. The molecule has 0 atom stereocenters. The molecule has 0 spiro atoms. The molecule has 0 saturated carbocycles.